The lowest BCUT2D eigenvalue weighted by atomic mass is 9.89. The summed E-state index contributed by atoms with van der Waals surface area (Å²) in [5.74, 6) is 0.811. The Balaban J connectivity index is 1.77. The van der Waals surface area contributed by atoms with Crippen molar-refractivity contribution in [2.24, 2.45) is 5.92 Å². The summed E-state index contributed by atoms with van der Waals surface area (Å²) in [6.45, 7) is 3.48. The third-order valence-corrected chi connectivity index (χ3v) is 4.92. The van der Waals surface area contributed by atoms with Gasteiger partial charge in [-0.3, -0.25) is 4.79 Å². The van der Waals surface area contributed by atoms with Crippen molar-refractivity contribution in [3.05, 3.63) is 17.0 Å². The molecular weight excluding hydrogens is 270 g/mol. The molecule has 2 heterocycles. The van der Waals surface area contributed by atoms with E-state index < -0.39 is 0 Å². The van der Waals surface area contributed by atoms with Crippen molar-refractivity contribution in [2.45, 2.75) is 50.7 Å². The Morgan fingerprint density at radius 1 is 1.25 bits per heavy atom. The van der Waals surface area contributed by atoms with Gasteiger partial charge in [0.15, 0.2) is 5.16 Å². The number of aryl methyl sites for hydroxylation is 1. The van der Waals surface area contributed by atoms with Crippen LogP contribution in [0.15, 0.2) is 5.16 Å². The Hall–Kier alpha value is -1.10. The maximum absolute atomic E-state index is 12.5. The molecule has 20 heavy (non-hydrogen) atoms. The fourth-order valence-corrected chi connectivity index (χ4v) is 3.76. The van der Waals surface area contributed by atoms with E-state index >= 15 is 0 Å². The van der Waals surface area contributed by atoms with Gasteiger partial charge in [-0.25, -0.2) is 9.97 Å². The van der Waals surface area contributed by atoms with Crippen LogP contribution in [0, 0.1) is 12.8 Å². The minimum Gasteiger partial charge on any atom is -0.332 e. The zero-order chi connectivity index (χ0) is 14.1. The van der Waals surface area contributed by atoms with E-state index in [2.05, 4.69) is 9.97 Å². The zero-order valence-corrected chi connectivity index (χ0v) is 13.0. The van der Waals surface area contributed by atoms with E-state index in [0.29, 0.717) is 12.5 Å². The number of thioether (sulfide) groups is 1. The van der Waals surface area contributed by atoms with E-state index in [9.17, 15) is 4.79 Å². The first-order valence-electron chi connectivity index (χ1n) is 7.40. The Bertz CT molecular complexity index is 526. The Kier molecular flexibility index (Phi) is 3.96. The molecular formula is C15H21N3OS. The normalized spacial score (nSPS) is 19.5. The van der Waals surface area contributed by atoms with E-state index in [1.165, 1.54) is 43.9 Å². The molecule has 5 heteroatoms. The van der Waals surface area contributed by atoms with E-state index in [-0.39, 0.29) is 5.91 Å². The molecule has 2 aliphatic rings. The third-order valence-electron chi connectivity index (χ3n) is 4.37. The molecule has 1 aromatic rings. The highest BCUT2D eigenvalue weighted by molar-refractivity contribution is 7.98. The summed E-state index contributed by atoms with van der Waals surface area (Å²) in [5, 5.41) is 0.772. The van der Waals surface area contributed by atoms with Crippen LogP contribution in [-0.2, 0) is 6.54 Å². The van der Waals surface area contributed by atoms with E-state index in [1.54, 1.807) is 0 Å². The van der Waals surface area contributed by atoms with E-state index in [4.69, 9.17) is 0 Å². The van der Waals surface area contributed by atoms with Crippen molar-refractivity contribution < 1.29 is 4.79 Å². The number of rotatable bonds is 3. The lowest BCUT2D eigenvalue weighted by Crippen LogP contribution is -2.31. The number of hydrogen-bond donors (Lipinski definition) is 0. The minimum atomic E-state index is 0.135. The van der Waals surface area contributed by atoms with Gasteiger partial charge in [-0.2, -0.15) is 0 Å². The second-order valence-corrected chi connectivity index (χ2v) is 6.58. The number of aromatic nitrogens is 2. The molecule has 4 nitrogen and oxygen atoms in total. The van der Waals surface area contributed by atoms with Crippen LogP contribution >= 0.6 is 11.8 Å². The van der Waals surface area contributed by atoms with Crippen LogP contribution in [-0.4, -0.2) is 33.6 Å². The maximum atomic E-state index is 12.5. The van der Waals surface area contributed by atoms with Gasteiger partial charge in [0.1, 0.15) is 0 Å². The summed E-state index contributed by atoms with van der Waals surface area (Å²) < 4.78 is 0. The predicted molar refractivity (Wildman–Crippen MR) is 79.9 cm³/mol. The standard InChI is InChI=1S/C15H21N3OS/c1-10-13-12(17-15(16-10)20-2)9-18(14(13)19)8-11-6-4-3-5-7-11/h11H,3-9H2,1-2H3. The second-order valence-electron chi connectivity index (χ2n) is 5.81. The lowest BCUT2D eigenvalue weighted by molar-refractivity contribution is 0.0736. The topological polar surface area (TPSA) is 46.1 Å². The number of hydrogen-bond acceptors (Lipinski definition) is 4. The monoisotopic (exact) mass is 291 g/mol. The SMILES string of the molecule is CSc1nc(C)c2c(n1)CN(CC1CCCCC1)C2=O. The molecule has 0 saturated heterocycles. The lowest BCUT2D eigenvalue weighted by Gasteiger charge is -2.26. The quantitative estimate of drug-likeness (QED) is 0.634. The van der Waals surface area contributed by atoms with Crippen molar-refractivity contribution in [3.8, 4) is 0 Å². The Labute approximate surface area is 124 Å². The van der Waals surface area contributed by atoms with Crippen LogP contribution in [0.25, 0.3) is 0 Å². The number of carbonyl (C=O) groups is 1. The third kappa shape index (κ3) is 2.55. The molecule has 1 aromatic heterocycles. The van der Waals surface area contributed by atoms with E-state index in [0.717, 1.165) is 28.7 Å². The van der Waals surface area contributed by atoms with Crippen molar-refractivity contribution in [2.75, 3.05) is 12.8 Å². The number of fused-ring (bicyclic) bond motifs is 1. The summed E-state index contributed by atoms with van der Waals surface area (Å²) in [6.07, 6.45) is 8.48. The first kappa shape index (κ1) is 13.9. The van der Waals surface area contributed by atoms with Gasteiger partial charge in [0.05, 0.1) is 23.5 Å². The van der Waals surface area contributed by atoms with E-state index in [1.807, 2.05) is 18.1 Å². The molecule has 0 radical (unpaired) electrons. The molecule has 3 rings (SSSR count). The van der Waals surface area contributed by atoms with Crippen molar-refractivity contribution in [3.63, 3.8) is 0 Å². The van der Waals surface area contributed by atoms with Gasteiger partial charge < -0.3 is 4.90 Å². The van der Waals surface area contributed by atoms with Gasteiger partial charge in [-0.05, 0) is 31.9 Å². The fourth-order valence-electron chi connectivity index (χ4n) is 3.33. The number of amides is 1. The van der Waals surface area contributed by atoms with Crippen LogP contribution in [0.2, 0.25) is 0 Å². The average Bonchev–Trinajstić information content (AvgIpc) is 2.76. The molecule has 0 spiro atoms. The van der Waals surface area contributed by atoms with Crippen LogP contribution in [0.1, 0.15) is 53.8 Å². The summed E-state index contributed by atoms with van der Waals surface area (Å²) in [7, 11) is 0. The van der Waals surface area contributed by atoms with Crippen LogP contribution in [0.4, 0.5) is 0 Å². The molecule has 0 bridgehead atoms. The molecule has 0 atom stereocenters. The molecule has 0 aromatic carbocycles. The van der Waals surface area contributed by atoms with Gasteiger partial charge in [-0.15, -0.1) is 0 Å². The smallest absolute Gasteiger partial charge is 0.257 e. The molecule has 1 fully saturated rings. The van der Waals surface area contributed by atoms with Crippen LogP contribution in [0.3, 0.4) is 0 Å². The number of nitrogens with zero attached hydrogens (tertiary/aromatic N) is 3. The summed E-state index contributed by atoms with van der Waals surface area (Å²) in [6, 6.07) is 0. The van der Waals surface area contributed by atoms with Crippen molar-refractivity contribution in [1.82, 2.24) is 14.9 Å². The summed E-state index contributed by atoms with van der Waals surface area (Å²) in [5.41, 5.74) is 2.50. The zero-order valence-electron chi connectivity index (χ0n) is 12.2. The fraction of sp³-hybridized carbons (Fsp3) is 0.667. The predicted octanol–water partition coefficient (Wildman–Crippen LogP) is 3.04. The maximum Gasteiger partial charge on any atom is 0.257 e. The largest absolute Gasteiger partial charge is 0.332 e. The highest BCUT2D eigenvalue weighted by atomic mass is 32.2. The van der Waals surface area contributed by atoms with Gasteiger partial charge in [0.2, 0.25) is 0 Å². The highest BCUT2D eigenvalue weighted by Gasteiger charge is 2.33. The molecule has 1 saturated carbocycles. The van der Waals surface area contributed by atoms with Crippen molar-refractivity contribution >= 4 is 17.7 Å². The van der Waals surface area contributed by atoms with Crippen molar-refractivity contribution in [1.29, 1.82) is 0 Å². The average molecular weight is 291 g/mol. The molecule has 0 unspecified atom stereocenters. The van der Waals surface area contributed by atoms with Gasteiger partial charge >= 0.3 is 0 Å². The summed E-state index contributed by atoms with van der Waals surface area (Å²) >= 11 is 1.54. The molecule has 108 valence electrons. The Morgan fingerprint density at radius 3 is 2.70 bits per heavy atom. The highest BCUT2D eigenvalue weighted by Crippen LogP contribution is 2.29. The molecule has 0 N–H and O–H groups in total. The van der Waals surface area contributed by atoms with Crippen LogP contribution < -0.4 is 0 Å². The first-order valence-corrected chi connectivity index (χ1v) is 8.62. The first-order chi connectivity index (χ1) is 9.69. The molecule has 1 aliphatic heterocycles. The minimum absolute atomic E-state index is 0.135. The van der Waals surface area contributed by atoms with Gasteiger partial charge in [0.25, 0.3) is 5.91 Å². The summed E-state index contributed by atoms with van der Waals surface area (Å²) in [4.78, 5) is 23.4. The Morgan fingerprint density at radius 2 is 2.00 bits per heavy atom. The molecule has 1 amide bonds. The second kappa shape index (κ2) is 5.72. The number of carbonyl (C=O) groups excluding carboxylic acids is 1. The van der Waals surface area contributed by atoms with Crippen LogP contribution in [0.5, 0.6) is 0 Å². The van der Waals surface area contributed by atoms with Gasteiger partial charge in [0, 0.05) is 6.54 Å². The van der Waals surface area contributed by atoms with Gasteiger partial charge in [-0.1, -0.05) is 31.0 Å². The molecule has 1 aliphatic carbocycles.